The van der Waals surface area contributed by atoms with Crippen molar-refractivity contribution in [2.75, 3.05) is 5.32 Å². The molecule has 2 heterocycles. The summed E-state index contributed by atoms with van der Waals surface area (Å²) in [6.45, 7) is 0. The number of hydrogen-bond donors (Lipinski definition) is 3. The quantitative estimate of drug-likeness (QED) is 0.747. The molecule has 0 spiro atoms. The summed E-state index contributed by atoms with van der Waals surface area (Å²) < 4.78 is 0. The lowest BCUT2D eigenvalue weighted by atomic mass is 10.1. The van der Waals surface area contributed by atoms with Crippen LogP contribution < -0.4 is 10.7 Å². The molecule has 1 aromatic heterocycles. The molecule has 2 amide bonds. The molecular weight excluding hydrogens is 258 g/mol. The summed E-state index contributed by atoms with van der Waals surface area (Å²) >= 11 is 1.02. The van der Waals surface area contributed by atoms with E-state index in [1.165, 1.54) is 6.07 Å². The average Bonchev–Trinajstić information content (AvgIpc) is 2.78. The van der Waals surface area contributed by atoms with Crippen LogP contribution in [0, 0.1) is 0 Å². The topological polar surface area (TPSA) is 108 Å². The van der Waals surface area contributed by atoms with E-state index in [0.717, 1.165) is 11.3 Å². The van der Waals surface area contributed by atoms with Crippen LogP contribution in [0.2, 0.25) is 0 Å². The molecule has 3 N–H and O–H groups in total. The summed E-state index contributed by atoms with van der Waals surface area (Å²) in [7, 11) is 0. The van der Waals surface area contributed by atoms with Crippen molar-refractivity contribution < 1.29 is 19.5 Å². The fraction of sp³-hybridized carbons (Fsp3) is 0.200. The Bertz CT molecular complexity index is 549. The summed E-state index contributed by atoms with van der Waals surface area (Å²) in [6.07, 6.45) is 0.436. The zero-order valence-electron chi connectivity index (χ0n) is 9.10. The van der Waals surface area contributed by atoms with Crippen LogP contribution in [-0.4, -0.2) is 28.6 Å². The Morgan fingerprint density at radius 3 is 2.83 bits per heavy atom. The molecule has 8 heteroatoms. The minimum Gasteiger partial charge on any atom is -0.477 e. The van der Waals surface area contributed by atoms with Crippen LogP contribution in [0.4, 0.5) is 5.69 Å². The van der Waals surface area contributed by atoms with Gasteiger partial charge in [0.2, 0.25) is 5.91 Å². The molecule has 1 aromatic rings. The molecule has 0 bridgehead atoms. The zero-order chi connectivity index (χ0) is 13.1. The summed E-state index contributed by atoms with van der Waals surface area (Å²) in [6, 6.07) is 1.51. The monoisotopic (exact) mass is 267 g/mol. The molecule has 94 valence electrons. The van der Waals surface area contributed by atoms with Gasteiger partial charge in [0.1, 0.15) is 10.6 Å². The highest BCUT2D eigenvalue weighted by molar-refractivity contribution is 7.12. The molecule has 0 aromatic carbocycles. The predicted octanol–water partition coefficient (Wildman–Crippen LogP) is 0.651. The second kappa shape index (κ2) is 4.96. The SMILES string of the molecule is O=C1CCC(C(=O)Nc2ccsc2C(=O)O)=NN1. The first-order chi connectivity index (χ1) is 8.58. The van der Waals surface area contributed by atoms with Crippen LogP contribution in [0.3, 0.4) is 0 Å². The van der Waals surface area contributed by atoms with E-state index < -0.39 is 11.9 Å². The maximum absolute atomic E-state index is 11.8. The molecular formula is C10H9N3O4S. The van der Waals surface area contributed by atoms with E-state index in [2.05, 4.69) is 15.8 Å². The smallest absolute Gasteiger partial charge is 0.348 e. The highest BCUT2D eigenvalue weighted by Crippen LogP contribution is 2.22. The summed E-state index contributed by atoms with van der Waals surface area (Å²) in [5.41, 5.74) is 2.62. The van der Waals surface area contributed by atoms with Crippen LogP contribution in [0.25, 0.3) is 0 Å². The lowest BCUT2D eigenvalue weighted by molar-refractivity contribution is -0.121. The van der Waals surface area contributed by atoms with Gasteiger partial charge in [-0.25, -0.2) is 10.2 Å². The van der Waals surface area contributed by atoms with Gasteiger partial charge in [0.05, 0.1) is 5.69 Å². The summed E-state index contributed by atoms with van der Waals surface area (Å²) in [5, 5.41) is 16.5. The number of nitrogens with one attached hydrogen (secondary N) is 2. The first kappa shape index (κ1) is 12.2. The molecule has 0 fully saturated rings. The first-order valence-electron chi connectivity index (χ1n) is 5.05. The number of amides is 2. The number of hydrogen-bond acceptors (Lipinski definition) is 5. The second-order valence-corrected chi connectivity index (χ2v) is 4.43. The largest absolute Gasteiger partial charge is 0.477 e. The molecule has 0 radical (unpaired) electrons. The third-order valence-corrected chi connectivity index (χ3v) is 3.18. The number of nitrogens with zero attached hydrogens (tertiary/aromatic N) is 1. The first-order valence-corrected chi connectivity index (χ1v) is 5.93. The van der Waals surface area contributed by atoms with Crippen molar-refractivity contribution in [1.29, 1.82) is 0 Å². The number of carbonyl (C=O) groups excluding carboxylic acids is 2. The van der Waals surface area contributed by atoms with Crippen molar-refractivity contribution in [1.82, 2.24) is 5.43 Å². The van der Waals surface area contributed by atoms with Gasteiger partial charge < -0.3 is 10.4 Å². The van der Waals surface area contributed by atoms with Gasteiger partial charge in [-0.15, -0.1) is 11.3 Å². The van der Waals surface area contributed by atoms with Crippen LogP contribution in [0.1, 0.15) is 22.5 Å². The van der Waals surface area contributed by atoms with Gasteiger partial charge >= 0.3 is 5.97 Å². The third kappa shape index (κ3) is 2.54. The lowest BCUT2D eigenvalue weighted by Crippen LogP contribution is -2.32. The number of thiophene rings is 1. The minimum absolute atomic E-state index is 0.0591. The Hall–Kier alpha value is -2.22. The summed E-state index contributed by atoms with van der Waals surface area (Å²) in [5.74, 6) is -1.84. The fourth-order valence-corrected chi connectivity index (χ4v) is 2.09. The highest BCUT2D eigenvalue weighted by Gasteiger charge is 2.20. The number of carboxylic acids is 1. The fourth-order valence-electron chi connectivity index (χ4n) is 1.41. The van der Waals surface area contributed by atoms with Gasteiger partial charge in [-0.2, -0.15) is 5.10 Å². The number of rotatable bonds is 3. The summed E-state index contributed by atoms with van der Waals surface area (Å²) in [4.78, 5) is 33.5. The van der Waals surface area contributed by atoms with E-state index in [4.69, 9.17) is 5.11 Å². The normalized spacial score (nSPS) is 14.7. The van der Waals surface area contributed by atoms with Crippen molar-refractivity contribution in [3.05, 3.63) is 16.3 Å². The maximum Gasteiger partial charge on any atom is 0.348 e. The molecule has 0 atom stereocenters. The highest BCUT2D eigenvalue weighted by atomic mass is 32.1. The Morgan fingerprint density at radius 2 is 2.22 bits per heavy atom. The van der Waals surface area contributed by atoms with Crippen molar-refractivity contribution in [2.45, 2.75) is 12.8 Å². The number of carboxylic acid groups (broad SMARTS) is 1. The number of carbonyl (C=O) groups is 3. The van der Waals surface area contributed by atoms with E-state index in [1.807, 2.05) is 0 Å². The van der Waals surface area contributed by atoms with E-state index in [0.29, 0.717) is 0 Å². The molecule has 0 saturated heterocycles. The van der Waals surface area contributed by atoms with Crippen molar-refractivity contribution >= 4 is 40.5 Å². The molecule has 0 unspecified atom stereocenters. The van der Waals surface area contributed by atoms with Crippen molar-refractivity contribution in [3.63, 3.8) is 0 Å². The Labute approximate surface area is 105 Å². The van der Waals surface area contributed by atoms with Gasteiger partial charge in [0.25, 0.3) is 5.91 Å². The predicted molar refractivity (Wildman–Crippen MR) is 64.7 cm³/mol. The number of aromatic carboxylic acids is 1. The Balaban J connectivity index is 2.10. The van der Waals surface area contributed by atoms with Gasteiger partial charge in [-0.05, 0) is 11.4 Å². The van der Waals surface area contributed by atoms with Crippen LogP contribution >= 0.6 is 11.3 Å². The molecule has 2 rings (SSSR count). The number of anilines is 1. The van der Waals surface area contributed by atoms with Crippen molar-refractivity contribution in [3.8, 4) is 0 Å². The third-order valence-electron chi connectivity index (χ3n) is 2.27. The zero-order valence-corrected chi connectivity index (χ0v) is 9.91. The van der Waals surface area contributed by atoms with E-state index in [9.17, 15) is 14.4 Å². The molecule has 0 saturated carbocycles. The standard InChI is InChI=1S/C10H9N3O4S/c14-7-2-1-6(12-13-7)9(15)11-5-3-4-18-8(5)10(16)17/h3-4H,1-2H2,(H,11,15)(H,13,14)(H,16,17). The molecule has 1 aliphatic heterocycles. The molecule has 0 aliphatic carbocycles. The van der Waals surface area contributed by atoms with E-state index in [-0.39, 0.29) is 35.0 Å². The molecule has 7 nitrogen and oxygen atoms in total. The van der Waals surface area contributed by atoms with Gasteiger partial charge in [-0.3, -0.25) is 9.59 Å². The van der Waals surface area contributed by atoms with Crippen LogP contribution in [0.15, 0.2) is 16.5 Å². The van der Waals surface area contributed by atoms with Gasteiger partial charge in [0, 0.05) is 12.8 Å². The Morgan fingerprint density at radius 1 is 1.44 bits per heavy atom. The minimum atomic E-state index is -1.10. The lowest BCUT2D eigenvalue weighted by Gasteiger charge is -2.11. The van der Waals surface area contributed by atoms with Crippen molar-refractivity contribution in [2.24, 2.45) is 5.10 Å². The second-order valence-electron chi connectivity index (χ2n) is 3.52. The van der Waals surface area contributed by atoms with Crippen LogP contribution in [-0.2, 0) is 9.59 Å². The van der Waals surface area contributed by atoms with Crippen LogP contribution in [0.5, 0.6) is 0 Å². The molecule has 18 heavy (non-hydrogen) atoms. The van der Waals surface area contributed by atoms with E-state index >= 15 is 0 Å². The Kier molecular flexibility index (Phi) is 3.38. The van der Waals surface area contributed by atoms with E-state index in [1.54, 1.807) is 5.38 Å². The average molecular weight is 267 g/mol. The maximum atomic E-state index is 11.8. The van der Waals surface area contributed by atoms with Gasteiger partial charge in [-0.1, -0.05) is 0 Å². The molecule has 1 aliphatic rings. The van der Waals surface area contributed by atoms with Gasteiger partial charge in [0.15, 0.2) is 0 Å². The number of hydrazone groups is 1.